The SMILES string of the molecule is CCNC(=NCC(O)c1ccc(OC)cc1)NC(C)(C)C.I. The minimum absolute atomic E-state index is 0. The summed E-state index contributed by atoms with van der Waals surface area (Å²) in [7, 11) is 1.62. The molecule has 1 aromatic rings. The first-order chi connectivity index (χ1) is 9.85. The standard InChI is InChI=1S/C16H27N3O2.HI/c1-6-17-15(19-16(2,3)4)18-11-14(20)12-7-9-13(21-5)10-8-12;/h7-10,14,20H,6,11H2,1-5H3,(H2,17,18,19);1H. The molecule has 1 atom stereocenters. The highest BCUT2D eigenvalue weighted by Crippen LogP contribution is 2.17. The molecule has 0 saturated heterocycles. The molecule has 0 amide bonds. The van der Waals surface area contributed by atoms with E-state index in [0.717, 1.165) is 17.9 Å². The van der Waals surface area contributed by atoms with E-state index in [1.54, 1.807) is 7.11 Å². The third kappa shape index (κ3) is 7.84. The first-order valence-corrected chi connectivity index (χ1v) is 7.24. The number of methoxy groups -OCH3 is 1. The van der Waals surface area contributed by atoms with Gasteiger partial charge in [-0.2, -0.15) is 0 Å². The van der Waals surface area contributed by atoms with Crippen LogP contribution >= 0.6 is 24.0 Å². The molecule has 126 valence electrons. The molecule has 0 fully saturated rings. The minimum atomic E-state index is -0.633. The van der Waals surface area contributed by atoms with Gasteiger partial charge in [0, 0.05) is 12.1 Å². The van der Waals surface area contributed by atoms with E-state index in [9.17, 15) is 5.11 Å². The van der Waals surface area contributed by atoms with Gasteiger partial charge in [0.15, 0.2) is 5.96 Å². The van der Waals surface area contributed by atoms with Gasteiger partial charge in [-0.25, -0.2) is 0 Å². The molecule has 0 saturated carbocycles. The van der Waals surface area contributed by atoms with E-state index in [4.69, 9.17) is 4.74 Å². The van der Waals surface area contributed by atoms with Crippen LogP contribution in [-0.2, 0) is 0 Å². The van der Waals surface area contributed by atoms with Crippen molar-refractivity contribution in [2.45, 2.75) is 39.3 Å². The van der Waals surface area contributed by atoms with Crippen LogP contribution < -0.4 is 15.4 Å². The van der Waals surface area contributed by atoms with Gasteiger partial charge in [0.05, 0.1) is 19.8 Å². The van der Waals surface area contributed by atoms with E-state index in [2.05, 4.69) is 36.4 Å². The van der Waals surface area contributed by atoms with Crippen LogP contribution in [0.5, 0.6) is 5.75 Å². The summed E-state index contributed by atoms with van der Waals surface area (Å²) in [5.74, 6) is 1.48. The van der Waals surface area contributed by atoms with E-state index in [1.165, 1.54) is 0 Å². The van der Waals surface area contributed by atoms with E-state index in [0.29, 0.717) is 12.5 Å². The molecule has 1 aromatic carbocycles. The Morgan fingerprint density at radius 2 is 1.86 bits per heavy atom. The number of rotatable bonds is 5. The number of aliphatic imine (C=N–C) groups is 1. The molecule has 0 radical (unpaired) electrons. The van der Waals surface area contributed by atoms with Crippen LogP contribution in [0.2, 0.25) is 0 Å². The molecule has 0 aliphatic carbocycles. The van der Waals surface area contributed by atoms with Crippen LogP contribution in [0.1, 0.15) is 39.4 Å². The van der Waals surface area contributed by atoms with Crippen LogP contribution in [0.4, 0.5) is 0 Å². The third-order valence-electron chi connectivity index (χ3n) is 2.76. The monoisotopic (exact) mass is 421 g/mol. The zero-order valence-electron chi connectivity index (χ0n) is 14.0. The molecular formula is C16H28IN3O2. The number of ether oxygens (including phenoxy) is 1. The fourth-order valence-corrected chi connectivity index (χ4v) is 1.77. The quantitative estimate of drug-likeness (QED) is 0.389. The van der Waals surface area contributed by atoms with Crippen LogP contribution in [0.3, 0.4) is 0 Å². The maximum absolute atomic E-state index is 10.2. The highest BCUT2D eigenvalue weighted by atomic mass is 127. The molecule has 1 rings (SSSR count). The molecule has 6 heteroatoms. The smallest absolute Gasteiger partial charge is 0.191 e. The summed E-state index contributed by atoms with van der Waals surface area (Å²) in [5, 5.41) is 16.7. The largest absolute Gasteiger partial charge is 0.497 e. The topological polar surface area (TPSA) is 65.9 Å². The molecule has 0 aliphatic rings. The first kappa shape index (κ1) is 21.0. The Morgan fingerprint density at radius 1 is 1.27 bits per heavy atom. The van der Waals surface area contributed by atoms with Crippen molar-refractivity contribution >= 4 is 29.9 Å². The number of nitrogens with one attached hydrogen (secondary N) is 2. The van der Waals surface area contributed by atoms with Crippen molar-refractivity contribution in [1.82, 2.24) is 10.6 Å². The fraction of sp³-hybridized carbons (Fsp3) is 0.562. The number of guanidine groups is 1. The van der Waals surface area contributed by atoms with Crippen molar-refractivity contribution in [2.75, 3.05) is 20.2 Å². The second-order valence-corrected chi connectivity index (χ2v) is 5.88. The fourth-order valence-electron chi connectivity index (χ4n) is 1.77. The molecular weight excluding hydrogens is 393 g/mol. The van der Waals surface area contributed by atoms with E-state index >= 15 is 0 Å². The van der Waals surface area contributed by atoms with Crippen molar-refractivity contribution < 1.29 is 9.84 Å². The van der Waals surface area contributed by atoms with Crippen LogP contribution in [-0.4, -0.2) is 36.8 Å². The average molecular weight is 421 g/mol. The molecule has 5 nitrogen and oxygen atoms in total. The maximum atomic E-state index is 10.2. The summed E-state index contributed by atoms with van der Waals surface area (Å²) in [4.78, 5) is 4.43. The van der Waals surface area contributed by atoms with Crippen molar-refractivity contribution in [3.8, 4) is 5.75 Å². The molecule has 22 heavy (non-hydrogen) atoms. The predicted molar refractivity (Wildman–Crippen MR) is 102 cm³/mol. The van der Waals surface area contributed by atoms with Gasteiger partial charge in [-0.3, -0.25) is 4.99 Å². The molecule has 0 aliphatic heterocycles. The summed E-state index contributed by atoms with van der Waals surface area (Å²) < 4.78 is 5.10. The van der Waals surface area contributed by atoms with Crippen molar-refractivity contribution in [1.29, 1.82) is 0 Å². The van der Waals surface area contributed by atoms with E-state index in [1.807, 2.05) is 31.2 Å². The van der Waals surface area contributed by atoms with Gasteiger partial charge in [0.1, 0.15) is 5.75 Å². The lowest BCUT2D eigenvalue weighted by Crippen LogP contribution is -2.47. The van der Waals surface area contributed by atoms with Gasteiger partial charge in [-0.05, 0) is 45.4 Å². The normalized spacial score (nSPS) is 13.1. The van der Waals surface area contributed by atoms with Gasteiger partial charge in [0.25, 0.3) is 0 Å². The third-order valence-corrected chi connectivity index (χ3v) is 2.76. The number of halogens is 1. The minimum Gasteiger partial charge on any atom is -0.497 e. The number of hydrogen-bond acceptors (Lipinski definition) is 3. The lowest BCUT2D eigenvalue weighted by atomic mass is 10.1. The van der Waals surface area contributed by atoms with Gasteiger partial charge in [-0.15, -0.1) is 24.0 Å². The van der Waals surface area contributed by atoms with Gasteiger partial charge in [-0.1, -0.05) is 12.1 Å². The Balaban J connectivity index is 0.00000441. The number of nitrogens with zero attached hydrogens (tertiary/aromatic N) is 1. The number of hydrogen-bond donors (Lipinski definition) is 3. The average Bonchev–Trinajstić information content (AvgIpc) is 2.43. The number of aliphatic hydroxyl groups is 1. The van der Waals surface area contributed by atoms with E-state index in [-0.39, 0.29) is 29.5 Å². The Labute approximate surface area is 150 Å². The molecule has 3 N–H and O–H groups in total. The molecule has 1 unspecified atom stereocenters. The lowest BCUT2D eigenvalue weighted by Gasteiger charge is -2.24. The summed E-state index contributed by atoms with van der Waals surface area (Å²) in [6.07, 6.45) is -0.633. The Kier molecular flexibility index (Phi) is 9.43. The summed E-state index contributed by atoms with van der Waals surface area (Å²) in [6, 6.07) is 7.37. The highest BCUT2D eigenvalue weighted by molar-refractivity contribution is 14.0. The van der Waals surface area contributed by atoms with Crippen LogP contribution in [0.25, 0.3) is 0 Å². The van der Waals surface area contributed by atoms with Crippen molar-refractivity contribution in [3.63, 3.8) is 0 Å². The van der Waals surface area contributed by atoms with E-state index < -0.39 is 6.10 Å². The van der Waals surface area contributed by atoms with Crippen LogP contribution in [0.15, 0.2) is 29.3 Å². The van der Waals surface area contributed by atoms with Crippen molar-refractivity contribution in [2.24, 2.45) is 4.99 Å². The van der Waals surface area contributed by atoms with Gasteiger partial charge in [0.2, 0.25) is 0 Å². The van der Waals surface area contributed by atoms with Crippen LogP contribution in [0, 0.1) is 0 Å². The molecule has 0 aromatic heterocycles. The molecule has 0 bridgehead atoms. The second-order valence-electron chi connectivity index (χ2n) is 5.88. The summed E-state index contributed by atoms with van der Waals surface area (Å²) in [6.45, 7) is 9.30. The number of aliphatic hydroxyl groups excluding tert-OH is 1. The Morgan fingerprint density at radius 3 is 2.32 bits per heavy atom. The number of benzene rings is 1. The molecule has 0 spiro atoms. The second kappa shape index (κ2) is 9.89. The Bertz CT molecular complexity index is 455. The van der Waals surface area contributed by atoms with Gasteiger partial charge < -0.3 is 20.5 Å². The predicted octanol–water partition coefficient (Wildman–Crippen LogP) is 2.70. The zero-order chi connectivity index (χ0) is 15.9. The summed E-state index contributed by atoms with van der Waals surface area (Å²) >= 11 is 0. The van der Waals surface area contributed by atoms with Gasteiger partial charge >= 0.3 is 0 Å². The summed E-state index contributed by atoms with van der Waals surface area (Å²) in [5.41, 5.74) is 0.748. The zero-order valence-corrected chi connectivity index (χ0v) is 16.3. The Hall–Kier alpha value is -1.02. The van der Waals surface area contributed by atoms with Crippen molar-refractivity contribution in [3.05, 3.63) is 29.8 Å². The first-order valence-electron chi connectivity index (χ1n) is 7.24. The lowest BCUT2D eigenvalue weighted by molar-refractivity contribution is 0.187. The maximum Gasteiger partial charge on any atom is 0.191 e. The molecule has 0 heterocycles. The highest BCUT2D eigenvalue weighted by Gasteiger charge is 2.13.